The molecule has 1 atom stereocenters. The fourth-order valence-corrected chi connectivity index (χ4v) is 2.85. The van der Waals surface area contributed by atoms with Gasteiger partial charge >= 0.3 is 6.03 Å². The second-order valence-electron chi connectivity index (χ2n) is 5.60. The molecule has 20 heavy (non-hydrogen) atoms. The summed E-state index contributed by atoms with van der Waals surface area (Å²) in [6.07, 6.45) is 5.88. The lowest BCUT2D eigenvalue weighted by molar-refractivity contribution is -0.0563. The summed E-state index contributed by atoms with van der Waals surface area (Å²) in [7, 11) is 0. The predicted octanol–water partition coefficient (Wildman–Crippen LogP) is 1.30. The normalized spacial score (nSPS) is 23.3. The molecule has 0 bridgehead atoms. The largest absolute Gasteiger partial charge is 0.493 e. The fraction of sp³-hybridized carbons (Fsp3) is 0.571. The number of carbonyl (C=O) groups excluding carboxylic acids is 1. The first-order valence-electron chi connectivity index (χ1n) is 6.97. The lowest BCUT2D eigenvalue weighted by Gasteiger charge is -2.37. The first kappa shape index (κ1) is 13.2. The van der Waals surface area contributed by atoms with Crippen LogP contribution < -0.4 is 10.6 Å². The molecule has 2 heterocycles. The molecule has 3 rings (SSSR count). The maximum absolute atomic E-state index is 11.8. The third-order valence-corrected chi connectivity index (χ3v) is 4.07. The van der Waals surface area contributed by atoms with Crippen molar-refractivity contribution in [3.8, 4) is 5.88 Å². The van der Waals surface area contributed by atoms with Crippen molar-refractivity contribution in [1.82, 2.24) is 15.6 Å². The zero-order valence-electron chi connectivity index (χ0n) is 11.3. The van der Waals surface area contributed by atoms with Gasteiger partial charge in [0.1, 0.15) is 0 Å². The highest BCUT2D eigenvalue weighted by atomic mass is 16.5. The molecule has 1 saturated carbocycles. The van der Waals surface area contributed by atoms with E-state index in [0.29, 0.717) is 13.2 Å². The number of pyridine rings is 1. The van der Waals surface area contributed by atoms with E-state index < -0.39 is 0 Å². The van der Waals surface area contributed by atoms with Crippen LogP contribution in [0.4, 0.5) is 4.79 Å². The summed E-state index contributed by atoms with van der Waals surface area (Å²) >= 11 is 0. The SMILES string of the molecule is O=C(NCc1ccnc(O)c1)NC1COC2(CCC2)C1. The molecule has 2 aliphatic rings. The third kappa shape index (κ3) is 2.85. The van der Waals surface area contributed by atoms with Gasteiger partial charge in [0.15, 0.2) is 0 Å². The van der Waals surface area contributed by atoms with Gasteiger partial charge in [0, 0.05) is 18.8 Å². The predicted molar refractivity (Wildman–Crippen MR) is 72.2 cm³/mol. The van der Waals surface area contributed by atoms with E-state index in [4.69, 9.17) is 4.74 Å². The monoisotopic (exact) mass is 277 g/mol. The van der Waals surface area contributed by atoms with E-state index in [2.05, 4.69) is 15.6 Å². The summed E-state index contributed by atoms with van der Waals surface area (Å²) in [5.41, 5.74) is 0.861. The van der Waals surface area contributed by atoms with Crippen molar-refractivity contribution in [2.45, 2.75) is 43.9 Å². The summed E-state index contributed by atoms with van der Waals surface area (Å²) in [6, 6.07) is 3.18. The van der Waals surface area contributed by atoms with Crippen LogP contribution in [0, 0.1) is 0 Å². The molecule has 2 fully saturated rings. The number of rotatable bonds is 3. The smallest absolute Gasteiger partial charge is 0.315 e. The van der Waals surface area contributed by atoms with Crippen LogP contribution in [0.3, 0.4) is 0 Å². The van der Waals surface area contributed by atoms with Crippen LogP contribution in [-0.2, 0) is 11.3 Å². The zero-order valence-corrected chi connectivity index (χ0v) is 11.3. The van der Waals surface area contributed by atoms with E-state index in [1.165, 1.54) is 18.7 Å². The Morgan fingerprint density at radius 3 is 3.05 bits per heavy atom. The van der Waals surface area contributed by atoms with E-state index in [1.807, 2.05) is 0 Å². The highest BCUT2D eigenvalue weighted by molar-refractivity contribution is 5.74. The van der Waals surface area contributed by atoms with Crippen LogP contribution in [0.1, 0.15) is 31.2 Å². The van der Waals surface area contributed by atoms with Crippen molar-refractivity contribution in [1.29, 1.82) is 0 Å². The number of aromatic hydroxyl groups is 1. The molecule has 0 aromatic carbocycles. The minimum Gasteiger partial charge on any atom is -0.493 e. The second-order valence-corrected chi connectivity index (χ2v) is 5.60. The molecule has 0 radical (unpaired) electrons. The summed E-state index contributed by atoms with van der Waals surface area (Å²) in [4.78, 5) is 15.5. The Balaban J connectivity index is 1.43. The molecular weight excluding hydrogens is 258 g/mol. The van der Waals surface area contributed by atoms with Crippen molar-refractivity contribution < 1.29 is 14.6 Å². The lowest BCUT2D eigenvalue weighted by Crippen LogP contribution is -2.43. The Morgan fingerprint density at radius 1 is 1.55 bits per heavy atom. The van der Waals surface area contributed by atoms with Gasteiger partial charge in [0.25, 0.3) is 0 Å². The number of nitrogens with zero attached hydrogens (tertiary/aromatic N) is 1. The van der Waals surface area contributed by atoms with Gasteiger partial charge in [-0.2, -0.15) is 0 Å². The summed E-state index contributed by atoms with van der Waals surface area (Å²) in [5, 5.41) is 14.9. The maximum atomic E-state index is 11.8. The van der Waals surface area contributed by atoms with Crippen LogP contribution >= 0.6 is 0 Å². The highest BCUT2D eigenvalue weighted by Crippen LogP contribution is 2.43. The minimum absolute atomic E-state index is 0.0409. The van der Waals surface area contributed by atoms with E-state index in [-0.39, 0.29) is 23.6 Å². The number of nitrogens with one attached hydrogen (secondary N) is 2. The van der Waals surface area contributed by atoms with Crippen LogP contribution in [0.2, 0.25) is 0 Å². The van der Waals surface area contributed by atoms with Crippen LogP contribution in [0.25, 0.3) is 0 Å². The number of amides is 2. The molecule has 1 aliphatic carbocycles. The minimum atomic E-state index is -0.203. The van der Waals surface area contributed by atoms with Crippen molar-refractivity contribution in [3.05, 3.63) is 23.9 Å². The molecule has 1 unspecified atom stereocenters. The van der Waals surface area contributed by atoms with Gasteiger partial charge in [-0.05, 0) is 37.3 Å². The van der Waals surface area contributed by atoms with Gasteiger partial charge in [0.05, 0.1) is 18.2 Å². The third-order valence-electron chi connectivity index (χ3n) is 4.07. The molecule has 1 aromatic rings. The van der Waals surface area contributed by atoms with E-state index in [0.717, 1.165) is 24.8 Å². The molecule has 6 nitrogen and oxygen atoms in total. The summed E-state index contributed by atoms with van der Waals surface area (Å²) in [6.45, 7) is 0.962. The molecule has 6 heteroatoms. The van der Waals surface area contributed by atoms with Crippen molar-refractivity contribution >= 4 is 6.03 Å². The molecule has 3 N–H and O–H groups in total. The topological polar surface area (TPSA) is 83.5 Å². The average molecular weight is 277 g/mol. The van der Waals surface area contributed by atoms with E-state index in [9.17, 15) is 9.90 Å². The molecular formula is C14H19N3O3. The zero-order chi connectivity index (χ0) is 14.0. The first-order chi connectivity index (χ1) is 9.65. The Kier molecular flexibility index (Phi) is 3.48. The maximum Gasteiger partial charge on any atom is 0.315 e. The molecule has 1 aromatic heterocycles. The second kappa shape index (κ2) is 5.28. The number of urea groups is 1. The average Bonchev–Trinajstić information content (AvgIpc) is 2.81. The van der Waals surface area contributed by atoms with Gasteiger partial charge in [-0.15, -0.1) is 0 Å². The lowest BCUT2D eigenvalue weighted by atomic mass is 9.77. The van der Waals surface area contributed by atoms with E-state index >= 15 is 0 Å². The van der Waals surface area contributed by atoms with Gasteiger partial charge < -0.3 is 20.5 Å². The Morgan fingerprint density at radius 2 is 2.40 bits per heavy atom. The molecule has 1 saturated heterocycles. The quantitative estimate of drug-likeness (QED) is 0.777. The summed E-state index contributed by atoms with van der Waals surface area (Å²) in [5.74, 6) is -0.0409. The van der Waals surface area contributed by atoms with E-state index in [1.54, 1.807) is 6.07 Å². The Bertz CT molecular complexity index is 502. The van der Waals surface area contributed by atoms with Crippen molar-refractivity contribution in [3.63, 3.8) is 0 Å². The standard InChI is InChI=1S/C14H19N3O3/c18-12-6-10(2-5-15-12)8-16-13(19)17-11-7-14(20-9-11)3-1-4-14/h2,5-6,11H,1,3-4,7-9H2,(H,15,18)(H2,16,17,19). The van der Waals surface area contributed by atoms with Gasteiger partial charge in [-0.3, -0.25) is 0 Å². The van der Waals surface area contributed by atoms with Crippen molar-refractivity contribution in [2.24, 2.45) is 0 Å². The number of hydrogen-bond acceptors (Lipinski definition) is 4. The number of hydrogen-bond donors (Lipinski definition) is 3. The number of aromatic nitrogens is 1. The highest BCUT2D eigenvalue weighted by Gasteiger charge is 2.45. The Labute approximate surface area is 117 Å². The van der Waals surface area contributed by atoms with Crippen LogP contribution in [-0.4, -0.2) is 34.4 Å². The molecule has 1 aliphatic heterocycles. The molecule has 108 valence electrons. The Hall–Kier alpha value is -1.82. The fourth-order valence-electron chi connectivity index (χ4n) is 2.85. The van der Waals surface area contributed by atoms with Gasteiger partial charge in [-0.1, -0.05) is 0 Å². The number of carbonyl (C=O) groups is 1. The summed E-state index contributed by atoms with van der Waals surface area (Å²) < 4.78 is 5.78. The van der Waals surface area contributed by atoms with Crippen LogP contribution in [0.15, 0.2) is 18.3 Å². The van der Waals surface area contributed by atoms with Crippen LogP contribution in [0.5, 0.6) is 5.88 Å². The molecule has 1 spiro atoms. The van der Waals surface area contributed by atoms with Crippen molar-refractivity contribution in [2.75, 3.05) is 6.61 Å². The first-order valence-corrected chi connectivity index (χ1v) is 6.97. The van der Waals surface area contributed by atoms with Gasteiger partial charge in [0.2, 0.25) is 5.88 Å². The number of ether oxygens (including phenoxy) is 1. The van der Waals surface area contributed by atoms with Gasteiger partial charge in [-0.25, -0.2) is 9.78 Å². The molecule has 2 amide bonds.